The van der Waals surface area contributed by atoms with E-state index in [0.29, 0.717) is 39.0 Å². The number of aliphatic hydroxyl groups is 1. The van der Waals surface area contributed by atoms with Crippen molar-refractivity contribution in [3.05, 3.63) is 12.2 Å². The Balaban J connectivity index is 1.83. The summed E-state index contributed by atoms with van der Waals surface area (Å²) in [6.45, 7) is 1.19. The number of hydrogen-bond acceptors (Lipinski definition) is 4. The van der Waals surface area contributed by atoms with Crippen LogP contribution in [0.25, 0.3) is 0 Å². The van der Waals surface area contributed by atoms with Gasteiger partial charge in [0.1, 0.15) is 0 Å². The van der Waals surface area contributed by atoms with Crippen LogP contribution in [0, 0.1) is 11.8 Å². The van der Waals surface area contributed by atoms with Gasteiger partial charge in [-0.25, -0.2) is 0 Å². The number of amides is 2. The van der Waals surface area contributed by atoms with Crippen LogP contribution >= 0.6 is 0 Å². The lowest BCUT2D eigenvalue weighted by Crippen LogP contribution is -2.32. The van der Waals surface area contributed by atoms with Crippen molar-refractivity contribution in [1.82, 2.24) is 4.90 Å². The molecule has 1 heterocycles. The number of aliphatic hydroxyl groups excluding tert-OH is 1. The Kier molecular flexibility index (Phi) is 4.49. The zero-order valence-corrected chi connectivity index (χ0v) is 10.4. The van der Waals surface area contributed by atoms with E-state index in [0.717, 1.165) is 0 Å². The number of likely N-dealkylation sites (tertiary alicyclic amines) is 1. The molecule has 18 heavy (non-hydrogen) atoms. The Morgan fingerprint density at radius 1 is 1.17 bits per heavy atom. The number of hydrogen-bond donors (Lipinski definition) is 1. The topological polar surface area (TPSA) is 66.8 Å². The van der Waals surface area contributed by atoms with Crippen molar-refractivity contribution in [3.8, 4) is 0 Å². The molecule has 1 aliphatic carbocycles. The summed E-state index contributed by atoms with van der Waals surface area (Å²) < 4.78 is 5.12. The van der Waals surface area contributed by atoms with Gasteiger partial charge in [0, 0.05) is 13.2 Å². The van der Waals surface area contributed by atoms with Gasteiger partial charge in [-0.15, -0.1) is 0 Å². The van der Waals surface area contributed by atoms with E-state index in [-0.39, 0.29) is 30.3 Å². The third-order valence-electron chi connectivity index (χ3n) is 3.50. The molecule has 2 amide bonds. The molecule has 0 radical (unpaired) electrons. The molecule has 0 bridgehead atoms. The molecule has 2 aliphatic rings. The highest BCUT2D eigenvalue weighted by molar-refractivity contribution is 6.05. The van der Waals surface area contributed by atoms with E-state index < -0.39 is 0 Å². The average Bonchev–Trinajstić information content (AvgIpc) is 2.64. The molecule has 2 rings (SSSR count). The maximum absolute atomic E-state index is 12.1. The second-order valence-electron chi connectivity index (χ2n) is 4.67. The Hall–Kier alpha value is -1.20. The number of imide groups is 1. The molecule has 0 aromatic rings. The van der Waals surface area contributed by atoms with E-state index >= 15 is 0 Å². The minimum atomic E-state index is -0.138. The van der Waals surface area contributed by atoms with Crippen LogP contribution in [-0.4, -0.2) is 48.2 Å². The van der Waals surface area contributed by atoms with Gasteiger partial charge in [-0.05, 0) is 19.3 Å². The highest BCUT2D eigenvalue weighted by Crippen LogP contribution is 2.34. The maximum atomic E-state index is 12.1. The summed E-state index contributed by atoms with van der Waals surface area (Å²) in [5, 5.41) is 8.55. The molecule has 100 valence electrons. The van der Waals surface area contributed by atoms with Gasteiger partial charge in [0.15, 0.2) is 0 Å². The van der Waals surface area contributed by atoms with E-state index in [1.54, 1.807) is 0 Å². The summed E-state index contributed by atoms with van der Waals surface area (Å²) in [7, 11) is 0. The van der Waals surface area contributed by atoms with Crippen LogP contribution in [0.3, 0.4) is 0 Å². The van der Waals surface area contributed by atoms with Gasteiger partial charge in [-0.3, -0.25) is 14.5 Å². The number of carbonyl (C=O) groups excluding carboxylic acids is 2. The van der Waals surface area contributed by atoms with E-state index in [9.17, 15) is 9.59 Å². The summed E-state index contributed by atoms with van der Waals surface area (Å²) in [5.41, 5.74) is 0. The molecular weight excluding hydrogens is 234 g/mol. The Morgan fingerprint density at radius 3 is 2.33 bits per heavy atom. The van der Waals surface area contributed by atoms with Crippen molar-refractivity contribution in [2.75, 3.05) is 26.4 Å². The summed E-state index contributed by atoms with van der Waals surface area (Å²) >= 11 is 0. The summed E-state index contributed by atoms with van der Waals surface area (Å²) in [4.78, 5) is 25.5. The van der Waals surface area contributed by atoms with Gasteiger partial charge in [0.05, 0.1) is 25.0 Å². The third-order valence-corrected chi connectivity index (χ3v) is 3.50. The third kappa shape index (κ3) is 2.62. The van der Waals surface area contributed by atoms with Crippen LogP contribution in [-0.2, 0) is 14.3 Å². The molecule has 1 fully saturated rings. The summed E-state index contributed by atoms with van der Waals surface area (Å²) in [6.07, 6.45) is 5.98. The van der Waals surface area contributed by atoms with Crippen LogP contribution in [0.2, 0.25) is 0 Å². The lowest BCUT2D eigenvalue weighted by atomic mass is 9.85. The Labute approximate surface area is 106 Å². The number of carbonyl (C=O) groups is 2. The molecule has 2 atom stereocenters. The van der Waals surface area contributed by atoms with Gasteiger partial charge < -0.3 is 9.84 Å². The van der Waals surface area contributed by atoms with Gasteiger partial charge in [-0.2, -0.15) is 0 Å². The number of fused-ring (bicyclic) bond motifs is 1. The number of ether oxygens (including phenoxy) is 1. The van der Waals surface area contributed by atoms with Crippen molar-refractivity contribution in [2.24, 2.45) is 11.8 Å². The SMILES string of the molecule is O=C1[C@H]2CC=CC[C@H]2C(=O)N1CCCOCCO. The lowest BCUT2D eigenvalue weighted by molar-refractivity contribution is -0.140. The molecular formula is C13H19NO4. The van der Waals surface area contributed by atoms with E-state index in [1.807, 2.05) is 12.2 Å². The van der Waals surface area contributed by atoms with E-state index in [2.05, 4.69) is 0 Å². The highest BCUT2D eigenvalue weighted by Gasteiger charge is 2.46. The molecule has 5 nitrogen and oxygen atoms in total. The predicted octanol–water partition coefficient (Wildman–Crippen LogP) is 0.337. The molecule has 1 aliphatic heterocycles. The highest BCUT2D eigenvalue weighted by atomic mass is 16.5. The maximum Gasteiger partial charge on any atom is 0.233 e. The van der Waals surface area contributed by atoms with Crippen molar-refractivity contribution >= 4 is 11.8 Å². The molecule has 0 spiro atoms. The van der Waals surface area contributed by atoms with Crippen molar-refractivity contribution in [3.63, 3.8) is 0 Å². The fraction of sp³-hybridized carbons (Fsp3) is 0.692. The van der Waals surface area contributed by atoms with Crippen LogP contribution in [0.15, 0.2) is 12.2 Å². The molecule has 5 heteroatoms. The fourth-order valence-electron chi connectivity index (χ4n) is 2.58. The van der Waals surface area contributed by atoms with Crippen LogP contribution in [0.5, 0.6) is 0 Å². The van der Waals surface area contributed by atoms with Gasteiger partial charge in [0.25, 0.3) is 0 Å². The molecule has 1 saturated heterocycles. The zero-order chi connectivity index (χ0) is 13.0. The predicted molar refractivity (Wildman–Crippen MR) is 64.6 cm³/mol. The smallest absolute Gasteiger partial charge is 0.233 e. The molecule has 1 N–H and O–H groups in total. The quantitative estimate of drug-likeness (QED) is 0.421. The Bertz CT molecular complexity index is 327. The standard InChI is InChI=1S/C13H19NO4/c15-7-9-18-8-3-6-14-12(16)10-4-1-2-5-11(10)13(14)17/h1-2,10-11,15H,3-9H2/t10-,11+. The molecule has 0 aromatic carbocycles. The van der Waals surface area contributed by atoms with Crippen LogP contribution in [0.1, 0.15) is 19.3 Å². The molecule has 0 aromatic heterocycles. The lowest BCUT2D eigenvalue weighted by Gasteiger charge is -2.14. The van der Waals surface area contributed by atoms with E-state index in [1.165, 1.54) is 4.90 Å². The van der Waals surface area contributed by atoms with Crippen molar-refractivity contribution in [1.29, 1.82) is 0 Å². The van der Waals surface area contributed by atoms with Gasteiger partial charge in [0.2, 0.25) is 11.8 Å². The largest absolute Gasteiger partial charge is 0.394 e. The number of nitrogens with zero attached hydrogens (tertiary/aromatic N) is 1. The average molecular weight is 253 g/mol. The summed E-state index contributed by atoms with van der Waals surface area (Å²) in [5.74, 6) is -0.338. The van der Waals surface area contributed by atoms with Gasteiger partial charge >= 0.3 is 0 Å². The second kappa shape index (κ2) is 6.11. The minimum absolute atomic E-state index is 0.00259. The van der Waals surface area contributed by atoms with Crippen LogP contribution in [0.4, 0.5) is 0 Å². The monoisotopic (exact) mass is 253 g/mol. The first kappa shape index (κ1) is 13.2. The summed E-state index contributed by atoms with van der Waals surface area (Å²) in [6, 6.07) is 0. The zero-order valence-electron chi connectivity index (χ0n) is 10.4. The molecule has 0 unspecified atom stereocenters. The Morgan fingerprint density at radius 2 is 1.78 bits per heavy atom. The second-order valence-corrected chi connectivity index (χ2v) is 4.67. The minimum Gasteiger partial charge on any atom is -0.394 e. The van der Waals surface area contributed by atoms with Crippen LogP contribution < -0.4 is 0 Å². The first-order chi connectivity index (χ1) is 8.75. The fourth-order valence-corrected chi connectivity index (χ4v) is 2.58. The van der Waals surface area contributed by atoms with Gasteiger partial charge in [-0.1, -0.05) is 12.2 Å². The number of rotatable bonds is 6. The van der Waals surface area contributed by atoms with Crippen molar-refractivity contribution in [2.45, 2.75) is 19.3 Å². The normalized spacial score (nSPS) is 26.8. The van der Waals surface area contributed by atoms with Crippen molar-refractivity contribution < 1.29 is 19.4 Å². The number of allylic oxidation sites excluding steroid dienone is 2. The molecule has 0 saturated carbocycles. The first-order valence-electron chi connectivity index (χ1n) is 6.44. The first-order valence-corrected chi connectivity index (χ1v) is 6.44. The van der Waals surface area contributed by atoms with E-state index in [4.69, 9.17) is 9.84 Å².